The molecule has 2 aromatic rings. The van der Waals surface area contributed by atoms with Crippen LogP contribution < -0.4 is 10.6 Å². The van der Waals surface area contributed by atoms with Gasteiger partial charge in [0, 0.05) is 12.1 Å². The number of amides is 1. The topological polar surface area (TPSA) is 85.2 Å². The molecule has 0 saturated carbocycles. The first-order valence-electron chi connectivity index (χ1n) is 8.53. The van der Waals surface area contributed by atoms with E-state index in [9.17, 15) is 9.59 Å². The minimum absolute atomic E-state index is 0.0158. The smallest absolute Gasteiger partial charge is 0.358 e. The highest BCUT2D eigenvalue weighted by atomic mass is 16.5. The summed E-state index contributed by atoms with van der Waals surface area (Å²) < 4.78 is 6.53. The lowest BCUT2D eigenvalue weighted by atomic mass is 9.97. The molecule has 0 atom stereocenters. The van der Waals surface area contributed by atoms with Crippen LogP contribution in [0.5, 0.6) is 0 Å². The van der Waals surface area contributed by atoms with Gasteiger partial charge < -0.3 is 15.4 Å². The van der Waals surface area contributed by atoms with Crippen LogP contribution in [0.1, 0.15) is 30.3 Å². The maximum absolute atomic E-state index is 12.5. The van der Waals surface area contributed by atoms with Crippen molar-refractivity contribution in [2.24, 2.45) is 5.92 Å². The zero-order valence-electron chi connectivity index (χ0n) is 14.2. The molecule has 1 amide bonds. The molecule has 0 spiro atoms. The summed E-state index contributed by atoms with van der Waals surface area (Å²) in [5.41, 5.74) is 1.62. The number of para-hydroxylation sites is 2. The number of ether oxygens (including phenoxy) is 1. The van der Waals surface area contributed by atoms with Crippen LogP contribution in [0.25, 0.3) is 5.69 Å². The number of carbonyl (C=O) groups excluding carboxylic acids is 2. The van der Waals surface area contributed by atoms with E-state index in [2.05, 4.69) is 15.7 Å². The number of benzene rings is 1. The second-order valence-electron chi connectivity index (χ2n) is 5.90. The molecule has 0 aliphatic carbocycles. The summed E-state index contributed by atoms with van der Waals surface area (Å²) in [6.45, 7) is 3.78. The Labute approximate surface area is 146 Å². The highest BCUT2D eigenvalue weighted by Gasteiger charge is 2.22. The fourth-order valence-corrected chi connectivity index (χ4v) is 2.87. The third kappa shape index (κ3) is 4.06. The Morgan fingerprint density at radius 3 is 2.80 bits per heavy atom. The van der Waals surface area contributed by atoms with Gasteiger partial charge in [0.15, 0.2) is 5.69 Å². The lowest BCUT2D eigenvalue weighted by Gasteiger charge is -2.22. The largest absolute Gasteiger partial charge is 0.461 e. The van der Waals surface area contributed by atoms with Gasteiger partial charge in [0.2, 0.25) is 5.91 Å². The molecule has 0 bridgehead atoms. The standard InChI is InChI=1S/C18H22N4O3/c1-2-25-18(24)15-9-12-22(21-15)16-6-4-3-5-14(16)20-17(23)13-7-10-19-11-8-13/h3-6,9,12-13,19H,2,7-8,10-11H2,1H3,(H,20,23). The first-order chi connectivity index (χ1) is 12.2. The maximum Gasteiger partial charge on any atom is 0.358 e. The second kappa shape index (κ2) is 7.94. The van der Waals surface area contributed by atoms with Crippen LogP contribution >= 0.6 is 0 Å². The molecule has 132 valence electrons. The van der Waals surface area contributed by atoms with Gasteiger partial charge in [-0.25, -0.2) is 9.48 Å². The predicted molar refractivity (Wildman–Crippen MR) is 93.7 cm³/mol. The van der Waals surface area contributed by atoms with Crippen molar-refractivity contribution in [2.75, 3.05) is 25.0 Å². The van der Waals surface area contributed by atoms with Gasteiger partial charge in [0.1, 0.15) is 0 Å². The van der Waals surface area contributed by atoms with Crippen LogP contribution in [-0.4, -0.2) is 41.4 Å². The van der Waals surface area contributed by atoms with Crippen LogP contribution in [-0.2, 0) is 9.53 Å². The van der Waals surface area contributed by atoms with Gasteiger partial charge in [-0.05, 0) is 51.1 Å². The third-order valence-electron chi connectivity index (χ3n) is 4.19. The van der Waals surface area contributed by atoms with Crippen molar-refractivity contribution in [3.8, 4) is 5.69 Å². The van der Waals surface area contributed by atoms with Crippen molar-refractivity contribution in [1.29, 1.82) is 0 Å². The van der Waals surface area contributed by atoms with Crippen molar-refractivity contribution in [3.63, 3.8) is 0 Å². The molecule has 0 radical (unpaired) electrons. The zero-order chi connectivity index (χ0) is 17.6. The van der Waals surface area contributed by atoms with E-state index in [1.807, 2.05) is 24.3 Å². The fraction of sp³-hybridized carbons (Fsp3) is 0.389. The van der Waals surface area contributed by atoms with Crippen molar-refractivity contribution in [3.05, 3.63) is 42.2 Å². The first kappa shape index (κ1) is 17.2. The summed E-state index contributed by atoms with van der Waals surface area (Å²) >= 11 is 0. The molecule has 1 saturated heterocycles. The Bertz CT molecular complexity index is 750. The second-order valence-corrected chi connectivity index (χ2v) is 5.90. The van der Waals surface area contributed by atoms with Crippen molar-refractivity contribution >= 4 is 17.6 Å². The van der Waals surface area contributed by atoms with E-state index < -0.39 is 5.97 Å². The van der Waals surface area contributed by atoms with Gasteiger partial charge in [0.05, 0.1) is 18.0 Å². The van der Waals surface area contributed by atoms with Gasteiger partial charge >= 0.3 is 5.97 Å². The average molecular weight is 342 g/mol. The monoisotopic (exact) mass is 342 g/mol. The zero-order valence-corrected chi connectivity index (χ0v) is 14.2. The highest BCUT2D eigenvalue weighted by molar-refractivity contribution is 5.94. The van der Waals surface area contributed by atoms with E-state index in [0.717, 1.165) is 25.9 Å². The Hall–Kier alpha value is -2.67. The fourth-order valence-electron chi connectivity index (χ4n) is 2.87. The SMILES string of the molecule is CCOC(=O)c1ccn(-c2ccccc2NC(=O)C2CCNCC2)n1. The van der Waals surface area contributed by atoms with E-state index in [1.165, 1.54) is 0 Å². The third-order valence-corrected chi connectivity index (χ3v) is 4.19. The van der Waals surface area contributed by atoms with Crippen molar-refractivity contribution in [2.45, 2.75) is 19.8 Å². The van der Waals surface area contributed by atoms with Gasteiger partial charge in [-0.3, -0.25) is 4.79 Å². The van der Waals surface area contributed by atoms with Crippen molar-refractivity contribution in [1.82, 2.24) is 15.1 Å². The molecular formula is C18H22N4O3. The van der Waals surface area contributed by atoms with Crippen LogP contribution in [0, 0.1) is 5.92 Å². The molecule has 2 N–H and O–H groups in total. The summed E-state index contributed by atoms with van der Waals surface area (Å²) in [6.07, 6.45) is 3.35. The number of piperidine rings is 1. The minimum atomic E-state index is -0.461. The molecule has 7 nitrogen and oxygen atoms in total. The Balaban J connectivity index is 1.79. The summed E-state index contributed by atoms with van der Waals surface area (Å²) in [5.74, 6) is -0.425. The van der Waals surface area contributed by atoms with E-state index >= 15 is 0 Å². The number of anilines is 1. The van der Waals surface area contributed by atoms with Gasteiger partial charge in [-0.2, -0.15) is 5.10 Å². The van der Waals surface area contributed by atoms with E-state index in [-0.39, 0.29) is 17.5 Å². The van der Waals surface area contributed by atoms with E-state index in [0.29, 0.717) is 18.0 Å². The molecule has 1 aromatic heterocycles. The number of hydrogen-bond donors (Lipinski definition) is 2. The van der Waals surface area contributed by atoms with Crippen LogP contribution in [0.15, 0.2) is 36.5 Å². The number of carbonyl (C=O) groups is 2. The molecular weight excluding hydrogens is 320 g/mol. The quantitative estimate of drug-likeness (QED) is 0.812. The molecule has 1 fully saturated rings. The molecule has 1 aliphatic rings. The number of nitrogens with one attached hydrogen (secondary N) is 2. The highest BCUT2D eigenvalue weighted by Crippen LogP contribution is 2.22. The van der Waals surface area contributed by atoms with Crippen LogP contribution in [0.2, 0.25) is 0 Å². The minimum Gasteiger partial charge on any atom is -0.461 e. The van der Waals surface area contributed by atoms with Gasteiger partial charge in [-0.15, -0.1) is 0 Å². The molecule has 3 rings (SSSR count). The van der Waals surface area contributed by atoms with Crippen molar-refractivity contribution < 1.29 is 14.3 Å². The summed E-state index contributed by atoms with van der Waals surface area (Å²) in [6, 6.07) is 9.00. The van der Waals surface area contributed by atoms with Crippen LogP contribution in [0.3, 0.4) is 0 Å². The number of hydrogen-bond acceptors (Lipinski definition) is 5. The normalized spacial score (nSPS) is 14.9. The van der Waals surface area contributed by atoms with E-state index in [1.54, 1.807) is 23.9 Å². The molecule has 2 heterocycles. The molecule has 25 heavy (non-hydrogen) atoms. The number of nitrogens with zero attached hydrogens (tertiary/aromatic N) is 2. The summed E-state index contributed by atoms with van der Waals surface area (Å²) in [7, 11) is 0. The molecule has 7 heteroatoms. The Morgan fingerprint density at radius 1 is 1.28 bits per heavy atom. The Morgan fingerprint density at radius 2 is 2.04 bits per heavy atom. The first-order valence-corrected chi connectivity index (χ1v) is 8.53. The Kier molecular flexibility index (Phi) is 5.45. The summed E-state index contributed by atoms with van der Waals surface area (Å²) in [5, 5.41) is 10.5. The lowest BCUT2D eigenvalue weighted by Crippen LogP contribution is -2.34. The number of rotatable bonds is 5. The average Bonchev–Trinajstić information content (AvgIpc) is 3.13. The molecule has 0 unspecified atom stereocenters. The predicted octanol–water partition coefficient (Wildman–Crippen LogP) is 1.99. The van der Waals surface area contributed by atoms with Gasteiger partial charge in [0.25, 0.3) is 0 Å². The van der Waals surface area contributed by atoms with E-state index in [4.69, 9.17) is 4.74 Å². The maximum atomic E-state index is 12.5. The summed E-state index contributed by atoms with van der Waals surface area (Å²) in [4.78, 5) is 24.3. The molecule has 1 aliphatic heterocycles. The van der Waals surface area contributed by atoms with Gasteiger partial charge in [-0.1, -0.05) is 12.1 Å². The lowest BCUT2D eigenvalue weighted by molar-refractivity contribution is -0.120. The van der Waals surface area contributed by atoms with Crippen LogP contribution in [0.4, 0.5) is 5.69 Å². The number of esters is 1. The number of aromatic nitrogens is 2. The molecule has 1 aromatic carbocycles.